The van der Waals surface area contributed by atoms with E-state index in [0.717, 1.165) is 12.8 Å². The molecule has 3 aromatic rings. The van der Waals surface area contributed by atoms with E-state index >= 15 is 0 Å². The summed E-state index contributed by atoms with van der Waals surface area (Å²) in [5.74, 6) is 0.389. The largest absolute Gasteiger partial charge is 0.490 e. The Morgan fingerprint density at radius 1 is 1.13 bits per heavy atom. The highest BCUT2D eigenvalue weighted by molar-refractivity contribution is 7.13. The highest BCUT2D eigenvalue weighted by atomic mass is 32.1. The lowest BCUT2D eigenvalue weighted by Crippen LogP contribution is -2.14. The topological polar surface area (TPSA) is 129 Å². The molecule has 0 unspecified atom stereocenters. The Morgan fingerprint density at radius 3 is 2.39 bits per heavy atom. The normalized spacial score (nSPS) is 10.5. The van der Waals surface area contributed by atoms with Crippen LogP contribution in [0.2, 0.25) is 0 Å². The maximum atomic E-state index is 12.7. The molecule has 1 N–H and O–H groups in total. The smallest absolute Gasteiger partial charge is 0.296 e. The van der Waals surface area contributed by atoms with Gasteiger partial charge in [0, 0.05) is 23.8 Å². The molecule has 3 rings (SSSR count). The molecule has 0 bridgehead atoms. The van der Waals surface area contributed by atoms with E-state index in [2.05, 4.69) is 20.3 Å². The molecule has 11 heteroatoms. The van der Waals surface area contributed by atoms with E-state index in [1.54, 1.807) is 23.8 Å². The minimum atomic E-state index is -0.592. The molecule has 0 spiro atoms. The number of carbonyl (C=O) groups excluding carboxylic acids is 1. The molecule has 0 radical (unpaired) electrons. The van der Waals surface area contributed by atoms with Crippen molar-refractivity contribution in [3.63, 3.8) is 0 Å². The molecule has 0 atom stereocenters. The van der Waals surface area contributed by atoms with Gasteiger partial charge in [0.25, 0.3) is 11.6 Å². The fourth-order valence-electron chi connectivity index (χ4n) is 2.53. The molecule has 31 heavy (non-hydrogen) atoms. The molecule has 0 saturated heterocycles. The second kappa shape index (κ2) is 10.4. The first-order chi connectivity index (χ1) is 15.0. The Hall–Kier alpha value is -3.60. The Labute approximate surface area is 182 Å². The van der Waals surface area contributed by atoms with Gasteiger partial charge in [0.1, 0.15) is 11.4 Å². The minimum Gasteiger partial charge on any atom is -0.490 e. The number of nitro benzene ring substituents is 1. The van der Waals surface area contributed by atoms with Crippen LogP contribution in [0.4, 0.5) is 11.4 Å². The van der Waals surface area contributed by atoms with E-state index in [4.69, 9.17) is 9.47 Å². The van der Waals surface area contributed by atoms with Crippen molar-refractivity contribution in [1.82, 2.24) is 15.0 Å². The fourth-order valence-corrected chi connectivity index (χ4v) is 3.27. The van der Waals surface area contributed by atoms with Gasteiger partial charge in [0.2, 0.25) is 0 Å². The van der Waals surface area contributed by atoms with Crippen molar-refractivity contribution in [2.75, 3.05) is 18.5 Å². The Balaban J connectivity index is 1.89. The summed E-state index contributed by atoms with van der Waals surface area (Å²) in [6, 6.07) is 4.35. The van der Waals surface area contributed by atoms with Crippen molar-refractivity contribution in [1.29, 1.82) is 0 Å². The molecule has 10 nitrogen and oxygen atoms in total. The van der Waals surface area contributed by atoms with E-state index in [-0.39, 0.29) is 22.8 Å². The number of ether oxygens (including phenoxy) is 2. The van der Waals surface area contributed by atoms with Crippen molar-refractivity contribution >= 4 is 28.6 Å². The van der Waals surface area contributed by atoms with Gasteiger partial charge in [-0.3, -0.25) is 14.9 Å². The van der Waals surface area contributed by atoms with Crippen molar-refractivity contribution in [2.24, 2.45) is 0 Å². The zero-order valence-electron chi connectivity index (χ0n) is 17.0. The number of rotatable bonds is 10. The summed E-state index contributed by atoms with van der Waals surface area (Å²) in [5, 5.41) is 16.2. The van der Waals surface area contributed by atoms with Crippen molar-refractivity contribution < 1.29 is 19.2 Å². The summed E-state index contributed by atoms with van der Waals surface area (Å²) in [5.41, 5.74) is -0.204. The second-order valence-electron chi connectivity index (χ2n) is 6.33. The van der Waals surface area contributed by atoms with E-state index in [0.29, 0.717) is 29.8 Å². The lowest BCUT2D eigenvalue weighted by atomic mass is 10.2. The third-order valence-electron chi connectivity index (χ3n) is 3.92. The van der Waals surface area contributed by atoms with Gasteiger partial charge in [-0.1, -0.05) is 13.8 Å². The molecule has 1 amide bonds. The lowest BCUT2D eigenvalue weighted by molar-refractivity contribution is -0.384. The van der Waals surface area contributed by atoms with Gasteiger partial charge in [0.15, 0.2) is 22.3 Å². The monoisotopic (exact) mass is 443 g/mol. The van der Waals surface area contributed by atoms with Crippen LogP contribution in [0.5, 0.6) is 11.5 Å². The first-order valence-electron chi connectivity index (χ1n) is 9.65. The molecule has 1 aromatic carbocycles. The van der Waals surface area contributed by atoms with Crippen LogP contribution in [0.25, 0.3) is 10.8 Å². The van der Waals surface area contributed by atoms with Crippen LogP contribution in [0.1, 0.15) is 37.2 Å². The number of nitrogens with zero attached hydrogens (tertiary/aromatic N) is 4. The third-order valence-corrected chi connectivity index (χ3v) is 4.76. The molecule has 0 aliphatic rings. The van der Waals surface area contributed by atoms with E-state index in [1.807, 2.05) is 13.8 Å². The molecular formula is C20H21N5O5S. The Bertz CT molecular complexity index is 1060. The number of anilines is 1. The standard InChI is InChI=1S/C20H21N5O5S/c1-3-8-29-16-10-13(15(25(27)28)11-17(16)30-9-4-2)23-19(26)14-12-31-20(24-14)18-21-6-5-7-22-18/h5-7,10-12H,3-4,8-9H2,1-2H3,(H,23,26). The van der Waals surface area contributed by atoms with Crippen LogP contribution in [0.3, 0.4) is 0 Å². The van der Waals surface area contributed by atoms with Gasteiger partial charge >= 0.3 is 0 Å². The maximum Gasteiger partial charge on any atom is 0.296 e. The average Bonchev–Trinajstić information content (AvgIpc) is 3.27. The summed E-state index contributed by atoms with van der Waals surface area (Å²) in [7, 11) is 0. The number of aromatic nitrogens is 3. The van der Waals surface area contributed by atoms with Crippen LogP contribution in [-0.4, -0.2) is 39.0 Å². The number of thiazole rings is 1. The van der Waals surface area contributed by atoms with Gasteiger partial charge in [0.05, 0.1) is 24.2 Å². The highest BCUT2D eigenvalue weighted by Crippen LogP contribution is 2.38. The van der Waals surface area contributed by atoms with Gasteiger partial charge in [-0.2, -0.15) is 0 Å². The summed E-state index contributed by atoms with van der Waals surface area (Å²) in [6.45, 7) is 4.66. The lowest BCUT2D eigenvalue weighted by Gasteiger charge is -2.14. The summed E-state index contributed by atoms with van der Waals surface area (Å²) in [4.78, 5) is 36.2. The molecule has 0 aliphatic heterocycles. The minimum absolute atomic E-state index is 0.00420. The first-order valence-corrected chi connectivity index (χ1v) is 10.5. The Kier molecular flexibility index (Phi) is 7.44. The van der Waals surface area contributed by atoms with E-state index in [9.17, 15) is 14.9 Å². The van der Waals surface area contributed by atoms with Crippen molar-refractivity contribution in [2.45, 2.75) is 26.7 Å². The van der Waals surface area contributed by atoms with Gasteiger partial charge in [-0.25, -0.2) is 15.0 Å². The van der Waals surface area contributed by atoms with E-state index in [1.165, 1.54) is 23.5 Å². The molecular weight excluding hydrogens is 422 g/mol. The fraction of sp³-hybridized carbons (Fsp3) is 0.300. The number of hydrogen-bond acceptors (Lipinski definition) is 9. The van der Waals surface area contributed by atoms with Gasteiger partial charge < -0.3 is 14.8 Å². The van der Waals surface area contributed by atoms with Gasteiger partial charge in [-0.05, 0) is 18.9 Å². The van der Waals surface area contributed by atoms with Crippen LogP contribution < -0.4 is 14.8 Å². The van der Waals surface area contributed by atoms with Crippen LogP contribution in [-0.2, 0) is 0 Å². The molecule has 162 valence electrons. The molecule has 0 fully saturated rings. The maximum absolute atomic E-state index is 12.7. The predicted octanol–water partition coefficient (Wildman–Crippen LogP) is 4.34. The SMILES string of the molecule is CCCOc1cc(NC(=O)c2csc(-c3ncccn3)n2)c([N+](=O)[O-])cc1OCCC. The van der Waals surface area contributed by atoms with Crippen molar-refractivity contribution in [3.05, 3.63) is 51.8 Å². The summed E-state index contributed by atoms with van der Waals surface area (Å²) in [6.07, 6.45) is 4.63. The zero-order chi connectivity index (χ0) is 22.2. The van der Waals surface area contributed by atoms with E-state index < -0.39 is 10.8 Å². The van der Waals surface area contributed by atoms with Crippen molar-refractivity contribution in [3.8, 4) is 22.3 Å². The van der Waals surface area contributed by atoms with Crippen LogP contribution >= 0.6 is 11.3 Å². The quantitative estimate of drug-likeness (QED) is 0.362. The third kappa shape index (κ3) is 5.51. The first kappa shape index (κ1) is 22.1. The highest BCUT2D eigenvalue weighted by Gasteiger charge is 2.23. The average molecular weight is 443 g/mol. The number of nitro groups is 1. The number of amides is 1. The number of carbonyl (C=O) groups is 1. The number of nitrogens with one attached hydrogen (secondary N) is 1. The van der Waals surface area contributed by atoms with Gasteiger partial charge in [-0.15, -0.1) is 11.3 Å². The number of hydrogen-bond donors (Lipinski definition) is 1. The number of benzene rings is 1. The second-order valence-corrected chi connectivity index (χ2v) is 7.19. The molecule has 2 heterocycles. The predicted molar refractivity (Wildman–Crippen MR) is 116 cm³/mol. The summed E-state index contributed by atoms with van der Waals surface area (Å²) >= 11 is 1.20. The molecule has 0 aliphatic carbocycles. The molecule has 0 saturated carbocycles. The van der Waals surface area contributed by atoms with Crippen LogP contribution in [0.15, 0.2) is 36.0 Å². The zero-order valence-corrected chi connectivity index (χ0v) is 17.8. The van der Waals surface area contributed by atoms with Crippen LogP contribution in [0, 0.1) is 10.1 Å². The summed E-state index contributed by atoms with van der Waals surface area (Å²) < 4.78 is 11.3. The Morgan fingerprint density at radius 2 is 1.77 bits per heavy atom. The molecule has 2 aromatic heterocycles.